The third-order valence-corrected chi connectivity index (χ3v) is 7.87. The van der Waals surface area contributed by atoms with Gasteiger partial charge in [-0.15, -0.1) is 0 Å². The number of hydrogen-bond acceptors (Lipinski definition) is 3. The molecule has 1 rings (SSSR count). The molecule has 126 valence electrons. The van der Waals surface area contributed by atoms with E-state index in [2.05, 4.69) is 39.9 Å². The first-order valence-corrected chi connectivity index (χ1v) is 10.2. The van der Waals surface area contributed by atoms with Crippen LogP contribution in [0, 0.1) is 17.3 Å². The molecule has 0 bridgehead atoms. The van der Waals surface area contributed by atoms with Crippen molar-refractivity contribution in [1.29, 1.82) is 0 Å². The highest BCUT2D eigenvalue weighted by molar-refractivity contribution is 7.92. The molecule has 0 aromatic rings. The maximum atomic E-state index is 12.8. The smallest absolute Gasteiger partial charge is 0.154 e. The van der Waals surface area contributed by atoms with Gasteiger partial charge in [0.15, 0.2) is 9.84 Å². The molecule has 3 nitrogen and oxygen atoms in total. The van der Waals surface area contributed by atoms with E-state index in [4.69, 9.17) is 0 Å². The first-order valence-electron chi connectivity index (χ1n) is 8.52. The van der Waals surface area contributed by atoms with Crippen LogP contribution in [0.3, 0.4) is 0 Å². The predicted octanol–water partition coefficient (Wildman–Crippen LogP) is 3.64. The summed E-state index contributed by atoms with van der Waals surface area (Å²) in [5.41, 5.74) is 0.241. The first kappa shape index (κ1) is 19.0. The number of rotatable bonds is 7. The third kappa shape index (κ3) is 4.95. The zero-order chi connectivity index (χ0) is 16.3. The minimum absolute atomic E-state index is 0.131. The summed E-state index contributed by atoms with van der Waals surface area (Å²) in [6, 6.07) is 0.131. The molecular formula is C17H35NO2S. The van der Waals surface area contributed by atoms with Crippen LogP contribution in [0.5, 0.6) is 0 Å². The average molecular weight is 318 g/mol. The van der Waals surface area contributed by atoms with Crippen molar-refractivity contribution in [2.75, 3.05) is 12.8 Å². The van der Waals surface area contributed by atoms with E-state index in [9.17, 15) is 8.42 Å². The Morgan fingerprint density at radius 2 is 1.86 bits per heavy atom. The lowest BCUT2D eigenvalue weighted by atomic mass is 9.68. The lowest BCUT2D eigenvalue weighted by Crippen LogP contribution is -2.49. The van der Waals surface area contributed by atoms with E-state index in [0.29, 0.717) is 17.6 Å². The second kappa shape index (κ2) is 7.45. The Balaban J connectivity index is 2.88. The van der Waals surface area contributed by atoms with Gasteiger partial charge >= 0.3 is 0 Å². The molecule has 4 heteroatoms. The summed E-state index contributed by atoms with van der Waals surface area (Å²) in [7, 11) is -1.10. The fourth-order valence-electron chi connectivity index (χ4n) is 3.41. The van der Waals surface area contributed by atoms with E-state index < -0.39 is 9.84 Å². The Hall–Kier alpha value is -0.0900. The molecule has 0 radical (unpaired) electrons. The van der Waals surface area contributed by atoms with Crippen LogP contribution in [-0.4, -0.2) is 32.5 Å². The van der Waals surface area contributed by atoms with E-state index in [0.717, 1.165) is 32.1 Å². The van der Waals surface area contributed by atoms with E-state index in [1.54, 1.807) is 0 Å². The summed E-state index contributed by atoms with van der Waals surface area (Å²) in [5.74, 6) is 1.30. The van der Waals surface area contributed by atoms with Gasteiger partial charge in [0, 0.05) is 6.04 Å². The van der Waals surface area contributed by atoms with Crippen molar-refractivity contribution < 1.29 is 8.42 Å². The Bertz CT molecular complexity index is 415. The van der Waals surface area contributed by atoms with Crippen LogP contribution in [0.2, 0.25) is 0 Å². The minimum Gasteiger partial charge on any atom is -0.316 e. The maximum Gasteiger partial charge on any atom is 0.154 e. The quantitative estimate of drug-likeness (QED) is 0.780. The van der Waals surface area contributed by atoms with Crippen molar-refractivity contribution in [2.24, 2.45) is 17.3 Å². The fraction of sp³-hybridized carbons (Fsp3) is 1.00. The van der Waals surface area contributed by atoms with Crippen LogP contribution in [0.1, 0.15) is 66.7 Å². The van der Waals surface area contributed by atoms with Crippen LogP contribution >= 0.6 is 0 Å². The molecule has 0 aliphatic heterocycles. The van der Waals surface area contributed by atoms with Crippen LogP contribution in [0.25, 0.3) is 0 Å². The molecule has 0 amide bonds. The van der Waals surface area contributed by atoms with Crippen molar-refractivity contribution in [3.05, 3.63) is 0 Å². The lowest BCUT2D eigenvalue weighted by Gasteiger charge is -2.42. The normalized spacial score (nSPS) is 28.0. The monoisotopic (exact) mass is 317 g/mol. The first-order chi connectivity index (χ1) is 9.64. The Morgan fingerprint density at radius 3 is 2.33 bits per heavy atom. The minimum atomic E-state index is -3.00. The van der Waals surface area contributed by atoms with Gasteiger partial charge in [0.25, 0.3) is 0 Å². The largest absolute Gasteiger partial charge is 0.316 e. The van der Waals surface area contributed by atoms with Gasteiger partial charge in [-0.25, -0.2) is 8.42 Å². The average Bonchev–Trinajstić information content (AvgIpc) is 2.44. The molecule has 1 aliphatic rings. The van der Waals surface area contributed by atoms with E-state index in [-0.39, 0.29) is 16.7 Å². The molecule has 0 saturated heterocycles. The molecule has 21 heavy (non-hydrogen) atoms. The molecule has 0 heterocycles. The zero-order valence-electron chi connectivity index (χ0n) is 14.8. The van der Waals surface area contributed by atoms with E-state index in [1.165, 1.54) is 0 Å². The van der Waals surface area contributed by atoms with Crippen LogP contribution in [-0.2, 0) is 9.84 Å². The Kier molecular flexibility index (Phi) is 6.73. The predicted molar refractivity (Wildman–Crippen MR) is 91.3 cm³/mol. The highest BCUT2D eigenvalue weighted by atomic mass is 32.2. The van der Waals surface area contributed by atoms with Gasteiger partial charge in [-0.05, 0) is 50.0 Å². The van der Waals surface area contributed by atoms with Crippen molar-refractivity contribution in [2.45, 2.75) is 78.0 Å². The molecule has 0 aromatic heterocycles. The highest BCUT2D eigenvalue weighted by Crippen LogP contribution is 2.42. The summed E-state index contributed by atoms with van der Waals surface area (Å²) < 4.78 is 25.6. The van der Waals surface area contributed by atoms with Gasteiger partial charge in [0.05, 0.1) is 11.0 Å². The van der Waals surface area contributed by atoms with Crippen molar-refractivity contribution >= 4 is 9.84 Å². The third-order valence-electron chi connectivity index (χ3n) is 5.62. The Labute approximate surface area is 132 Å². The molecule has 0 aromatic carbocycles. The van der Waals surface area contributed by atoms with Gasteiger partial charge in [-0.3, -0.25) is 0 Å². The topological polar surface area (TPSA) is 46.2 Å². The van der Waals surface area contributed by atoms with Crippen molar-refractivity contribution in [1.82, 2.24) is 5.32 Å². The summed E-state index contributed by atoms with van der Waals surface area (Å²) in [6.07, 6.45) is 4.84. The SMILES string of the molecule is CCC(C)(C)C1CCC(NC)C(S(=O)(=O)CCC(C)C)C1. The summed E-state index contributed by atoms with van der Waals surface area (Å²) in [5, 5.41) is 3.06. The molecule has 1 N–H and O–H groups in total. The molecule has 1 fully saturated rings. The van der Waals surface area contributed by atoms with E-state index in [1.807, 2.05) is 7.05 Å². The second-order valence-electron chi connectivity index (χ2n) is 7.84. The summed E-state index contributed by atoms with van der Waals surface area (Å²) in [6.45, 7) is 11.0. The van der Waals surface area contributed by atoms with E-state index >= 15 is 0 Å². The van der Waals surface area contributed by atoms with Gasteiger partial charge in [0.1, 0.15) is 0 Å². The highest BCUT2D eigenvalue weighted by Gasteiger charge is 2.42. The maximum absolute atomic E-state index is 12.8. The van der Waals surface area contributed by atoms with Crippen LogP contribution < -0.4 is 5.32 Å². The summed E-state index contributed by atoms with van der Waals surface area (Å²) >= 11 is 0. The standard InChI is InChI=1S/C17H35NO2S/c1-7-17(4,5)14-8-9-15(18-6)16(12-14)21(19,20)11-10-13(2)3/h13-16,18H,7-12H2,1-6H3. The Morgan fingerprint density at radius 1 is 1.24 bits per heavy atom. The number of sulfone groups is 1. The van der Waals surface area contributed by atoms with Gasteiger partial charge < -0.3 is 5.32 Å². The molecule has 3 unspecified atom stereocenters. The van der Waals surface area contributed by atoms with Gasteiger partial charge in [0.2, 0.25) is 0 Å². The molecule has 1 aliphatic carbocycles. The zero-order valence-corrected chi connectivity index (χ0v) is 15.6. The molecule has 1 saturated carbocycles. The van der Waals surface area contributed by atoms with Gasteiger partial charge in [-0.2, -0.15) is 0 Å². The lowest BCUT2D eigenvalue weighted by molar-refractivity contribution is 0.140. The molecule has 3 atom stereocenters. The van der Waals surface area contributed by atoms with Crippen molar-refractivity contribution in [3.63, 3.8) is 0 Å². The number of hydrogen-bond donors (Lipinski definition) is 1. The fourth-order valence-corrected chi connectivity index (χ4v) is 5.81. The van der Waals surface area contributed by atoms with Crippen molar-refractivity contribution in [3.8, 4) is 0 Å². The second-order valence-corrected chi connectivity index (χ2v) is 10.2. The number of nitrogens with one attached hydrogen (secondary N) is 1. The van der Waals surface area contributed by atoms with Crippen LogP contribution in [0.4, 0.5) is 0 Å². The summed E-state index contributed by atoms with van der Waals surface area (Å²) in [4.78, 5) is 0. The van der Waals surface area contributed by atoms with Crippen LogP contribution in [0.15, 0.2) is 0 Å². The molecular weight excluding hydrogens is 282 g/mol. The molecule has 0 spiro atoms. The van der Waals surface area contributed by atoms with Gasteiger partial charge in [-0.1, -0.05) is 41.0 Å².